The molecule has 0 spiro atoms. The largest absolute Gasteiger partial charge is 0.349 e. The molecule has 0 atom stereocenters. The molecule has 5 nitrogen and oxygen atoms in total. The van der Waals surface area contributed by atoms with E-state index in [1.165, 1.54) is 30.4 Å². The lowest BCUT2D eigenvalue weighted by Gasteiger charge is -2.31. The molecule has 0 unspecified atom stereocenters. The monoisotopic (exact) mass is 452 g/mol. The molecule has 5 rings (SSSR count). The normalized spacial score (nSPS) is 20.8. The first-order valence-electron chi connectivity index (χ1n) is 12.6. The number of rotatable bonds is 5. The minimum atomic E-state index is 0.0192. The van der Waals surface area contributed by atoms with Crippen LogP contribution < -0.4 is 5.32 Å². The van der Waals surface area contributed by atoms with Crippen LogP contribution in [0.3, 0.4) is 0 Å². The molecule has 2 heterocycles. The van der Waals surface area contributed by atoms with E-state index >= 15 is 0 Å². The van der Waals surface area contributed by atoms with Crippen molar-refractivity contribution in [3.63, 3.8) is 0 Å². The number of benzene rings is 2. The third-order valence-electron chi connectivity index (χ3n) is 7.66. The molecule has 0 saturated heterocycles. The van der Waals surface area contributed by atoms with Crippen LogP contribution in [0.2, 0.25) is 0 Å². The van der Waals surface area contributed by atoms with Gasteiger partial charge in [0.2, 0.25) is 0 Å². The molecule has 1 aliphatic carbocycles. The number of pyridine rings is 1. The van der Waals surface area contributed by atoms with Crippen molar-refractivity contribution in [3.8, 4) is 6.07 Å². The van der Waals surface area contributed by atoms with Crippen molar-refractivity contribution in [1.82, 2.24) is 15.2 Å². The topological polar surface area (TPSA) is 69.0 Å². The summed E-state index contributed by atoms with van der Waals surface area (Å²) < 4.78 is 0. The summed E-state index contributed by atoms with van der Waals surface area (Å²) in [4.78, 5) is 19.9. The van der Waals surface area contributed by atoms with Gasteiger partial charge in [-0.3, -0.25) is 9.78 Å². The number of aromatic nitrogens is 1. The third kappa shape index (κ3) is 5.13. The Labute approximate surface area is 201 Å². The molecule has 0 bridgehead atoms. The first-order chi connectivity index (χ1) is 16.7. The van der Waals surface area contributed by atoms with E-state index < -0.39 is 0 Å². The molecule has 1 aliphatic heterocycles. The van der Waals surface area contributed by atoms with E-state index in [0.29, 0.717) is 0 Å². The number of hydrogen-bond donors (Lipinski definition) is 1. The molecular weight excluding hydrogens is 420 g/mol. The lowest BCUT2D eigenvalue weighted by Crippen LogP contribution is -2.38. The minimum Gasteiger partial charge on any atom is -0.349 e. The zero-order valence-electron chi connectivity index (χ0n) is 19.7. The second-order valence-electron chi connectivity index (χ2n) is 9.79. The lowest BCUT2D eigenvalue weighted by molar-refractivity contribution is 0.0921. The third-order valence-corrected chi connectivity index (χ3v) is 7.66. The molecular formula is C29H32N4O. The average molecular weight is 453 g/mol. The van der Waals surface area contributed by atoms with Gasteiger partial charge in [-0.2, -0.15) is 5.26 Å². The Bertz CT molecular complexity index is 1200. The van der Waals surface area contributed by atoms with Crippen molar-refractivity contribution < 1.29 is 4.79 Å². The zero-order chi connectivity index (χ0) is 23.3. The summed E-state index contributed by atoms with van der Waals surface area (Å²) in [5.74, 6) is 0.761. The molecule has 3 aromatic rings. The summed E-state index contributed by atoms with van der Waals surface area (Å²) in [6.07, 6.45) is 9.58. The second kappa shape index (κ2) is 10.4. The molecule has 1 saturated carbocycles. The highest BCUT2D eigenvalue weighted by Gasteiger charge is 2.24. The minimum absolute atomic E-state index is 0.0192. The van der Waals surface area contributed by atoms with Gasteiger partial charge >= 0.3 is 0 Å². The van der Waals surface area contributed by atoms with E-state index in [9.17, 15) is 10.1 Å². The zero-order valence-corrected chi connectivity index (χ0v) is 19.7. The second-order valence-corrected chi connectivity index (χ2v) is 9.79. The quantitative estimate of drug-likeness (QED) is 0.599. The van der Waals surface area contributed by atoms with E-state index in [0.717, 1.165) is 73.3 Å². The van der Waals surface area contributed by atoms with Crippen LogP contribution in [0.15, 0.2) is 54.7 Å². The highest BCUT2D eigenvalue weighted by atomic mass is 16.1. The Morgan fingerprint density at radius 1 is 1.03 bits per heavy atom. The summed E-state index contributed by atoms with van der Waals surface area (Å²) in [5, 5.41) is 13.4. The molecule has 1 N–H and O–H groups in total. The van der Waals surface area contributed by atoms with Gasteiger partial charge in [0.25, 0.3) is 5.91 Å². The van der Waals surface area contributed by atoms with Crippen molar-refractivity contribution in [2.75, 3.05) is 19.6 Å². The van der Waals surface area contributed by atoms with Crippen LogP contribution in [0, 0.1) is 17.2 Å². The number of hydrogen-bond acceptors (Lipinski definition) is 4. The van der Waals surface area contributed by atoms with Crippen molar-refractivity contribution in [2.45, 2.75) is 51.0 Å². The highest BCUT2D eigenvalue weighted by molar-refractivity contribution is 6.06. The Balaban J connectivity index is 1.08. The maximum absolute atomic E-state index is 12.9. The summed E-state index contributed by atoms with van der Waals surface area (Å²) in [6.45, 7) is 3.32. The Kier molecular flexibility index (Phi) is 6.87. The predicted octanol–water partition coefficient (Wildman–Crippen LogP) is 4.89. The van der Waals surface area contributed by atoms with Crippen LogP contribution in [0.1, 0.15) is 59.2 Å². The lowest BCUT2D eigenvalue weighted by atomic mass is 9.84. The van der Waals surface area contributed by atoms with Crippen LogP contribution in [-0.2, 0) is 12.8 Å². The molecule has 1 aromatic heterocycles. The summed E-state index contributed by atoms with van der Waals surface area (Å²) >= 11 is 0. The van der Waals surface area contributed by atoms with Crippen LogP contribution >= 0.6 is 0 Å². The fraction of sp³-hybridized carbons (Fsp3) is 0.414. The fourth-order valence-electron chi connectivity index (χ4n) is 5.59. The van der Waals surface area contributed by atoms with Gasteiger partial charge < -0.3 is 10.2 Å². The van der Waals surface area contributed by atoms with Gasteiger partial charge in [0.15, 0.2) is 0 Å². The molecule has 1 amide bonds. The molecule has 34 heavy (non-hydrogen) atoms. The summed E-state index contributed by atoms with van der Waals surface area (Å²) in [6, 6.07) is 18.3. The SMILES string of the molecule is N#Cc1ccc2c(c1)CCN(CCC1CCC(NC(=O)c3cccc4ncccc34)CC1)CC2. The number of nitriles is 1. The van der Waals surface area contributed by atoms with Gasteiger partial charge in [-0.1, -0.05) is 18.2 Å². The molecule has 174 valence electrons. The van der Waals surface area contributed by atoms with Crippen molar-refractivity contribution >= 4 is 16.8 Å². The van der Waals surface area contributed by atoms with Crippen LogP contribution in [0.5, 0.6) is 0 Å². The summed E-state index contributed by atoms with van der Waals surface area (Å²) in [5.41, 5.74) is 5.10. The van der Waals surface area contributed by atoms with Gasteiger partial charge in [0.1, 0.15) is 0 Å². The van der Waals surface area contributed by atoms with E-state index in [1.54, 1.807) is 6.20 Å². The molecule has 0 radical (unpaired) electrons. The number of amides is 1. The summed E-state index contributed by atoms with van der Waals surface area (Å²) in [7, 11) is 0. The first-order valence-corrected chi connectivity index (χ1v) is 12.6. The van der Waals surface area contributed by atoms with Crippen LogP contribution in [0.4, 0.5) is 0 Å². The number of carbonyl (C=O) groups is 1. The molecule has 2 aromatic carbocycles. The van der Waals surface area contributed by atoms with Gasteiger partial charge in [-0.05, 0) is 98.9 Å². The van der Waals surface area contributed by atoms with Crippen molar-refractivity contribution in [3.05, 3.63) is 77.0 Å². The maximum atomic E-state index is 12.9. The Morgan fingerprint density at radius 3 is 2.68 bits per heavy atom. The van der Waals surface area contributed by atoms with Crippen LogP contribution in [0.25, 0.3) is 10.9 Å². The number of fused-ring (bicyclic) bond motifs is 2. The average Bonchev–Trinajstić information content (AvgIpc) is 3.09. The van der Waals surface area contributed by atoms with Gasteiger partial charge in [0.05, 0.1) is 17.1 Å². The van der Waals surface area contributed by atoms with Crippen LogP contribution in [-0.4, -0.2) is 41.5 Å². The van der Waals surface area contributed by atoms with E-state index in [1.807, 2.05) is 36.4 Å². The van der Waals surface area contributed by atoms with E-state index in [4.69, 9.17) is 0 Å². The number of carbonyl (C=O) groups excluding carboxylic acids is 1. The van der Waals surface area contributed by atoms with Crippen molar-refractivity contribution in [1.29, 1.82) is 5.26 Å². The fourth-order valence-corrected chi connectivity index (χ4v) is 5.59. The maximum Gasteiger partial charge on any atom is 0.252 e. The Hall–Kier alpha value is -3.23. The van der Waals surface area contributed by atoms with Crippen molar-refractivity contribution in [2.24, 2.45) is 5.92 Å². The molecule has 5 heteroatoms. The molecule has 1 fully saturated rings. The predicted molar refractivity (Wildman–Crippen MR) is 135 cm³/mol. The first kappa shape index (κ1) is 22.6. The van der Waals surface area contributed by atoms with Gasteiger partial charge in [-0.25, -0.2) is 0 Å². The molecule has 2 aliphatic rings. The number of nitrogens with one attached hydrogen (secondary N) is 1. The number of nitrogens with zero attached hydrogens (tertiary/aromatic N) is 3. The smallest absolute Gasteiger partial charge is 0.252 e. The Morgan fingerprint density at radius 2 is 1.85 bits per heavy atom. The van der Waals surface area contributed by atoms with E-state index in [2.05, 4.69) is 33.4 Å². The van der Waals surface area contributed by atoms with Gasteiger partial charge in [0, 0.05) is 36.3 Å². The highest BCUT2D eigenvalue weighted by Crippen LogP contribution is 2.28. The van der Waals surface area contributed by atoms with E-state index in [-0.39, 0.29) is 11.9 Å². The standard InChI is InChI=1S/C29H32N4O/c30-20-22-6-9-23-13-17-33(18-14-24(23)19-22)16-12-21-7-10-25(11-8-21)32-29(34)27-3-1-5-28-26(27)4-2-15-31-28/h1-6,9,15,19,21,25H,7-8,10-14,16-18H2,(H,32,34). The van der Waals surface area contributed by atoms with Gasteiger partial charge in [-0.15, -0.1) is 0 Å².